The molecule has 0 radical (unpaired) electrons. The second-order valence-electron chi connectivity index (χ2n) is 3.17. The third-order valence-electron chi connectivity index (χ3n) is 1.47. The van der Waals surface area contributed by atoms with Crippen LogP contribution in [0.15, 0.2) is 0 Å². The first-order valence-electron chi connectivity index (χ1n) is 4.19. The molecule has 2 nitrogen and oxygen atoms in total. The first-order valence-corrected chi connectivity index (χ1v) is 4.19. The average molecular weight is 162 g/mol. The highest BCUT2D eigenvalue weighted by Gasteiger charge is 2.04. The molecule has 0 unspecified atom stereocenters. The Morgan fingerprint density at radius 3 is 2.36 bits per heavy atom. The third kappa shape index (κ3) is 6.26. The maximum absolute atomic E-state index is 11.9. The summed E-state index contributed by atoms with van der Waals surface area (Å²) in [6.45, 7) is 6.88. The number of halogens is 1. The van der Waals surface area contributed by atoms with Crippen molar-refractivity contribution in [2.75, 3.05) is 32.9 Å². The van der Waals surface area contributed by atoms with Crippen LogP contribution in [0.2, 0.25) is 0 Å². The second kappa shape index (κ2) is 6.55. The van der Waals surface area contributed by atoms with Crippen molar-refractivity contribution in [1.29, 1.82) is 0 Å². The summed E-state index contributed by atoms with van der Waals surface area (Å²) in [7, 11) is 0. The fraction of sp³-hybridized carbons (Fsp3) is 1.00. The number of nitrogens with zero attached hydrogens (tertiary/aromatic N) is 1. The molecule has 0 saturated heterocycles. The molecular formula is C8H19FN2. The Bertz CT molecular complexity index is 80.2. The summed E-state index contributed by atoms with van der Waals surface area (Å²) < 4.78 is 11.9. The van der Waals surface area contributed by atoms with E-state index in [0.717, 1.165) is 13.1 Å². The molecule has 3 heteroatoms. The van der Waals surface area contributed by atoms with E-state index in [0.29, 0.717) is 19.0 Å². The summed E-state index contributed by atoms with van der Waals surface area (Å²) in [6, 6.07) is 0. The number of nitrogens with two attached hydrogens (primary N) is 1. The van der Waals surface area contributed by atoms with Gasteiger partial charge in [-0.25, -0.2) is 4.39 Å². The molecule has 0 fully saturated rings. The van der Waals surface area contributed by atoms with Crippen molar-refractivity contribution in [2.24, 2.45) is 11.7 Å². The van der Waals surface area contributed by atoms with Crippen molar-refractivity contribution in [1.82, 2.24) is 4.90 Å². The molecule has 68 valence electrons. The minimum Gasteiger partial charge on any atom is -0.329 e. The van der Waals surface area contributed by atoms with Gasteiger partial charge in [0, 0.05) is 26.2 Å². The third-order valence-corrected chi connectivity index (χ3v) is 1.47. The van der Waals surface area contributed by atoms with Crippen molar-refractivity contribution in [3.05, 3.63) is 0 Å². The van der Waals surface area contributed by atoms with E-state index in [9.17, 15) is 4.39 Å². The highest BCUT2D eigenvalue weighted by atomic mass is 19.1. The fourth-order valence-electron chi connectivity index (χ4n) is 1.11. The van der Waals surface area contributed by atoms with Crippen LogP contribution in [0, 0.1) is 5.92 Å². The Hall–Kier alpha value is -0.150. The lowest BCUT2D eigenvalue weighted by molar-refractivity contribution is 0.229. The van der Waals surface area contributed by atoms with Crippen LogP contribution in [0.25, 0.3) is 0 Å². The largest absolute Gasteiger partial charge is 0.329 e. The van der Waals surface area contributed by atoms with Crippen LogP contribution in [0.3, 0.4) is 0 Å². The van der Waals surface area contributed by atoms with Crippen LogP contribution in [-0.2, 0) is 0 Å². The van der Waals surface area contributed by atoms with E-state index in [1.165, 1.54) is 0 Å². The van der Waals surface area contributed by atoms with Gasteiger partial charge in [-0.05, 0) is 5.92 Å². The molecule has 0 heterocycles. The molecule has 2 N–H and O–H groups in total. The topological polar surface area (TPSA) is 29.3 Å². The summed E-state index contributed by atoms with van der Waals surface area (Å²) in [5.74, 6) is 0.591. The number of hydrogen-bond donors (Lipinski definition) is 1. The zero-order valence-electron chi connectivity index (χ0n) is 7.52. The van der Waals surface area contributed by atoms with Crippen LogP contribution in [0.5, 0.6) is 0 Å². The molecule has 0 aliphatic heterocycles. The first kappa shape index (κ1) is 10.8. The van der Waals surface area contributed by atoms with Gasteiger partial charge in [-0.2, -0.15) is 0 Å². The molecule has 0 aromatic carbocycles. The molecular weight excluding hydrogens is 143 g/mol. The SMILES string of the molecule is CC(C)CN(CCN)CCF. The first-order chi connectivity index (χ1) is 5.20. The molecule has 0 atom stereocenters. The molecule has 0 aliphatic rings. The van der Waals surface area contributed by atoms with Crippen molar-refractivity contribution in [3.63, 3.8) is 0 Å². The van der Waals surface area contributed by atoms with E-state index < -0.39 is 0 Å². The minimum atomic E-state index is -0.271. The molecule has 0 aliphatic carbocycles. The van der Waals surface area contributed by atoms with Gasteiger partial charge in [-0.15, -0.1) is 0 Å². The van der Waals surface area contributed by atoms with Crippen molar-refractivity contribution >= 4 is 0 Å². The van der Waals surface area contributed by atoms with Gasteiger partial charge in [0.05, 0.1) is 0 Å². The van der Waals surface area contributed by atoms with Gasteiger partial charge < -0.3 is 5.73 Å². The fourth-order valence-corrected chi connectivity index (χ4v) is 1.11. The summed E-state index contributed by atoms with van der Waals surface area (Å²) in [5.41, 5.74) is 5.37. The standard InChI is InChI=1S/C8H19FN2/c1-8(2)7-11(5-3-9)6-4-10/h8H,3-7,10H2,1-2H3. The summed E-state index contributed by atoms with van der Waals surface area (Å²) >= 11 is 0. The van der Waals surface area contributed by atoms with Gasteiger partial charge in [-0.1, -0.05) is 13.8 Å². The number of rotatable bonds is 6. The highest BCUT2D eigenvalue weighted by molar-refractivity contribution is 4.59. The molecule has 0 spiro atoms. The predicted octanol–water partition coefficient (Wildman–Crippen LogP) is 0.873. The molecule has 0 amide bonds. The Kier molecular flexibility index (Phi) is 6.46. The Labute approximate surface area is 68.6 Å². The van der Waals surface area contributed by atoms with Crippen molar-refractivity contribution in [3.8, 4) is 0 Å². The maximum Gasteiger partial charge on any atom is 0.102 e. The molecule has 11 heavy (non-hydrogen) atoms. The van der Waals surface area contributed by atoms with Gasteiger partial charge in [-0.3, -0.25) is 4.90 Å². The Morgan fingerprint density at radius 2 is 2.00 bits per heavy atom. The van der Waals surface area contributed by atoms with Crippen LogP contribution in [0.4, 0.5) is 4.39 Å². The average Bonchev–Trinajstić information content (AvgIpc) is 1.87. The van der Waals surface area contributed by atoms with E-state index in [2.05, 4.69) is 18.7 Å². The van der Waals surface area contributed by atoms with E-state index in [4.69, 9.17) is 5.73 Å². The number of hydrogen-bond acceptors (Lipinski definition) is 2. The Balaban J connectivity index is 3.50. The quantitative estimate of drug-likeness (QED) is 0.628. The normalized spacial score (nSPS) is 11.5. The van der Waals surface area contributed by atoms with E-state index >= 15 is 0 Å². The summed E-state index contributed by atoms with van der Waals surface area (Å²) in [4.78, 5) is 2.06. The van der Waals surface area contributed by atoms with Gasteiger partial charge >= 0.3 is 0 Å². The van der Waals surface area contributed by atoms with E-state index in [-0.39, 0.29) is 6.67 Å². The van der Waals surface area contributed by atoms with Crippen LogP contribution in [-0.4, -0.2) is 37.8 Å². The lowest BCUT2D eigenvalue weighted by atomic mass is 10.2. The summed E-state index contributed by atoms with van der Waals surface area (Å²) in [6.07, 6.45) is 0. The molecule has 0 saturated carbocycles. The van der Waals surface area contributed by atoms with Crippen molar-refractivity contribution < 1.29 is 4.39 Å². The van der Waals surface area contributed by atoms with Crippen LogP contribution < -0.4 is 5.73 Å². The van der Waals surface area contributed by atoms with Gasteiger partial charge in [0.15, 0.2) is 0 Å². The minimum absolute atomic E-state index is 0.271. The predicted molar refractivity (Wildman–Crippen MR) is 46.3 cm³/mol. The van der Waals surface area contributed by atoms with Crippen LogP contribution >= 0.6 is 0 Å². The second-order valence-corrected chi connectivity index (χ2v) is 3.17. The number of alkyl halides is 1. The molecule has 0 rings (SSSR count). The van der Waals surface area contributed by atoms with Gasteiger partial charge in [0.2, 0.25) is 0 Å². The zero-order chi connectivity index (χ0) is 8.69. The van der Waals surface area contributed by atoms with E-state index in [1.54, 1.807) is 0 Å². The highest BCUT2D eigenvalue weighted by Crippen LogP contribution is 1.97. The smallest absolute Gasteiger partial charge is 0.102 e. The summed E-state index contributed by atoms with van der Waals surface area (Å²) in [5, 5.41) is 0. The zero-order valence-corrected chi connectivity index (χ0v) is 7.52. The molecule has 0 aromatic heterocycles. The lowest BCUT2D eigenvalue weighted by Gasteiger charge is -2.21. The van der Waals surface area contributed by atoms with Gasteiger partial charge in [0.1, 0.15) is 6.67 Å². The lowest BCUT2D eigenvalue weighted by Crippen LogP contribution is -2.34. The van der Waals surface area contributed by atoms with Crippen LogP contribution in [0.1, 0.15) is 13.8 Å². The monoisotopic (exact) mass is 162 g/mol. The van der Waals surface area contributed by atoms with Gasteiger partial charge in [0.25, 0.3) is 0 Å². The Morgan fingerprint density at radius 1 is 1.36 bits per heavy atom. The van der Waals surface area contributed by atoms with E-state index in [1.807, 2.05) is 0 Å². The molecule has 0 bridgehead atoms. The van der Waals surface area contributed by atoms with Crippen molar-refractivity contribution in [2.45, 2.75) is 13.8 Å². The maximum atomic E-state index is 11.9. The molecule has 0 aromatic rings.